The van der Waals surface area contributed by atoms with Crippen LogP contribution in [0.3, 0.4) is 0 Å². The maximum atomic E-state index is 14.7. The molecule has 4 rings (SSSR count). The molecule has 11 heteroatoms. The summed E-state index contributed by atoms with van der Waals surface area (Å²) in [6, 6.07) is 7.51. The van der Waals surface area contributed by atoms with E-state index in [1.807, 2.05) is 19.1 Å². The van der Waals surface area contributed by atoms with Crippen LogP contribution in [-0.2, 0) is 19.7 Å². The Kier molecular flexibility index (Phi) is 6.41. The Labute approximate surface area is 193 Å². The lowest BCUT2D eigenvalue weighted by Gasteiger charge is -2.36. The number of rotatable bonds is 5. The summed E-state index contributed by atoms with van der Waals surface area (Å²) in [5, 5.41) is 2.84. The van der Waals surface area contributed by atoms with Crippen molar-refractivity contribution in [1.29, 1.82) is 0 Å². The van der Waals surface area contributed by atoms with Gasteiger partial charge in [0.25, 0.3) is 0 Å². The highest BCUT2D eigenvalue weighted by Crippen LogP contribution is 2.35. The Morgan fingerprint density at radius 2 is 1.71 bits per heavy atom. The minimum absolute atomic E-state index is 0.0782. The molecule has 2 aromatic rings. The number of aryl methyl sites for hydroxylation is 1. The largest absolute Gasteiger partial charge is 0.351 e. The van der Waals surface area contributed by atoms with Gasteiger partial charge in [-0.25, -0.2) is 8.78 Å². The van der Waals surface area contributed by atoms with E-state index >= 15 is 0 Å². The average molecular weight is 565 g/mol. The first-order valence-corrected chi connectivity index (χ1v) is 12.3. The van der Waals surface area contributed by atoms with Gasteiger partial charge in [0.2, 0.25) is 0 Å². The van der Waals surface area contributed by atoms with Crippen LogP contribution in [0.15, 0.2) is 30.3 Å². The second-order valence-electron chi connectivity index (χ2n) is 7.48. The number of nitrogens with one attached hydrogen (secondary N) is 2. The van der Waals surface area contributed by atoms with Crippen LogP contribution in [0.25, 0.3) is 0 Å². The second-order valence-corrected chi connectivity index (χ2v) is 10.4. The molecule has 0 amide bonds. The summed E-state index contributed by atoms with van der Waals surface area (Å²) in [5.74, 6) is -2.96. The molecule has 2 heterocycles. The second kappa shape index (κ2) is 8.77. The van der Waals surface area contributed by atoms with Gasteiger partial charge in [-0.05, 0) is 65.4 Å². The fraction of sp³-hybridized carbons (Fsp3) is 0.400. The van der Waals surface area contributed by atoms with E-state index in [1.54, 1.807) is 6.07 Å². The minimum Gasteiger partial charge on any atom is -0.351 e. The molecule has 0 aliphatic carbocycles. The molecule has 2 saturated heterocycles. The predicted octanol–water partition coefficient (Wildman–Crippen LogP) is 4.12. The van der Waals surface area contributed by atoms with Gasteiger partial charge in [0.05, 0.1) is 18.9 Å². The van der Waals surface area contributed by atoms with E-state index in [4.69, 9.17) is 9.47 Å². The average Bonchev–Trinajstić information content (AvgIpc) is 3.17. The Morgan fingerprint density at radius 1 is 1.06 bits per heavy atom. The van der Waals surface area contributed by atoms with Gasteiger partial charge in [-0.2, -0.15) is 12.7 Å². The Bertz CT molecular complexity index is 1080. The summed E-state index contributed by atoms with van der Waals surface area (Å²) in [7, 11) is -4.00. The number of piperidine rings is 1. The lowest BCUT2D eigenvalue weighted by atomic mass is 10.1. The number of hydrogen-bond donors (Lipinski definition) is 2. The first-order valence-electron chi connectivity index (χ1n) is 9.76. The highest BCUT2D eigenvalue weighted by Gasteiger charge is 2.42. The maximum absolute atomic E-state index is 14.7. The van der Waals surface area contributed by atoms with Crippen molar-refractivity contribution in [3.05, 3.63) is 51.1 Å². The van der Waals surface area contributed by atoms with Crippen LogP contribution in [-0.4, -0.2) is 44.8 Å². The van der Waals surface area contributed by atoms with Gasteiger partial charge in [0, 0.05) is 35.2 Å². The van der Waals surface area contributed by atoms with Gasteiger partial charge in [-0.15, -0.1) is 0 Å². The summed E-state index contributed by atoms with van der Waals surface area (Å²) < 4.78 is 70.4. The fourth-order valence-electron chi connectivity index (χ4n) is 3.72. The van der Waals surface area contributed by atoms with E-state index in [0.717, 1.165) is 15.2 Å². The highest BCUT2D eigenvalue weighted by atomic mass is 127. The van der Waals surface area contributed by atoms with Crippen molar-refractivity contribution < 1.29 is 26.7 Å². The van der Waals surface area contributed by atoms with Gasteiger partial charge in [0.15, 0.2) is 17.4 Å². The molecular formula is C20H22F2IN3O4S. The molecule has 0 bridgehead atoms. The summed E-state index contributed by atoms with van der Waals surface area (Å²) in [5.41, 5.74) is 0.998. The zero-order valence-electron chi connectivity index (χ0n) is 16.8. The smallest absolute Gasteiger partial charge is 0.301 e. The first-order chi connectivity index (χ1) is 14.7. The van der Waals surface area contributed by atoms with Crippen LogP contribution >= 0.6 is 22.6 Å². The van der Waals surface area contributed by atoms with Gasteiger partial charge >= 0.3 is 10.2 Å². The number of nitrogens with zero attached hydrogens (tertiary/aromatic N) is 1. The highest BCUT2D eigenvalue weighted by molar-refractivity contribution is 14.1. The molecule has 0 radical (unpaired) electrons. The van der Waals surface area contributed by atoms with E-state index < -0.39 is 27.6 Å². The van der Waals surface area contributed by atoms with Crippen LogP contribution in [0, 0.1) is 22.1 Å². The Hall–Kier alpha value is -1.54. The SMILES string of the molecule is Cc1cc(I)ccc1Nc1c(NS(=O)(=O)N2CCC3(CC2)OCCO3)ccc(F)c1F. The maximum Gasteiger partial charge on any atom is 0.301 e. The van der Waals surface area contributed by atoms with Gasteiger partial charge in [-0.1, -0.05) is 0 Å². The third kappa shape index (κ3) is 4.80. The Morgan fingerprint density at radius 3 is 2.35 bits per heavy atom. The van der Waals surface area contributed by atoms with Gasteiger partial charge < -0.3 is 14.8 Å². The van der Waals surface area contributed by atoms with Crippen LogP contribution < -0.4 is 10.0 Å². The number of halogens is 3. The van der Waals surface area contributed by atoms with Crippen LogP contribution in [0.2, 0.25) is 0 Å². The van der Waals surface area contributed by atoms with Crippen LogP contribution in [0.1, 0.15) is 18.4 Å². The quantitative estimate of drug-likeness (QED) is 0.534. The molecule has 0 atom stereocenters. The minimum atomic E-state index is -4.00. The number of hydrogen-bond acceptors (Lipinski definition) is 5. The fourth-order valence-corrected chi connectivity index (χ4v) is 5.60. The van der Waals surface area contributed by atoms with Crippen LogP contribution in [0.5, 0.6) is 0 Å². The van der Waals surface area contributed by atoms with Crippen molar-refractivity contribution in [2.75, 3.05) is 36.3 Å². The summed E-state index contributed by atoms with van der Waals surface area (Å²) in [4.78, 5) is 0. The van der Waals surface area contributed by atoms with E-state index in [-0.39, 0.29) is 24.5 Å². The molecule has 7 nitrogen and oxygen atoms in total. The molecule has 0 aromatic heterocycles. The third-order valence-corrected chi connectivity index (χ3v) is 7.61. The molecule has 2 N–H and O–H groups in total. The van der Waals surface area contributed by atoms with Crippen molar-refractivity contribution in [3.8, 4) is 0 Å². The van der Waals surface area contributed by atoms with Crippen molar-refractivity contribution in [1.82, 2.24) is 4.31 Å². The summed E-state index contributed by atoms with van der Waals surface area (Å²) in [6.45, 7) is 3.19. The standard InChI is InChI=1S/C20H22F2IN3O4S/c1-13-12-14(23)2-4-16(13)24-19-17(5-3-15(21)18(19)22)25-31(27,28)26-8-6-20(7-9-26)29-10-11-30-20/h2-5,12,24-25H,6-11H2,1H3. The summed E-state index contributed by atoms with van der Waals surface area (Å²) >= 11 is 2.15. The van der Waals surface area contributed by atoms with Gasteiger partial charge in [0.1, 0.15) is 5.69 Å². The number of benzene rings is 2. The van der Waals surface area contributed by atoms with Crippen molar-refractivity contribution in [2.45, 2.75) is 25.6 Å². The molecule has 2 aliphatic rings. The molecular weight excluding hydrogens is 543 g/mol. The molecule has 2 aromatic carbocycles. The van der Waals surface area contributed by atoms with Crippen molar-refractivity contribution in [2.24, 2.45) is 0 Å². The van der Waals surface area contributed by atoms with Crippen molar-refractivity contribution in [3.63, 3.8) is 0 Å². The number of ether oxygens (including phenoxy) is 2. The molecule has 2 fully saturated rings. The normalized spacial score (nSPS) is 19.0. The first kappa shape index (κ1) is 22.6. The predicted molar refractivity (Wildman–Crippen MR) is 122 cm³/mol. The van der Waals surface area contributed by atoms with E-state index in [0.29, 0.717) is 31.7 Å². The van der Waals surface area contributed by atoms with E-state index in [2.05, 4.69) is 32.6 Å². The summed E-state index contributed by atoms with van der Waals surface area (Å²) in [6.07, 6.45) is 0.803. The molecule has 1 spiro atoms. The topological polar surface area (TPSA) is 79.9 Å². The van der Waals surface area contributed by atoms with Crippen molar-refractivity contribution >= 4 is 49.9 Å². The number of anilines is 3. The lowest BCUT2D eigenvalue weighted by Crippen LogP contribution is -2.48. The molecule has 0 saturated carbocycles. The molecule has 168 valence electrons. The van der Waals surface area contributed by atoms with Gasteiger partial charge in [-0.3, -0.25) is 4.72 Å². The van der Waals surface area contributed by atoms with E-state index in [9.17, 15) is 17.2 Å². The lowest BCUT2D eigenvalue weighted by molar-refractivity contribution is -0.179. The third-order valence-electron chi connectivity index (χ3n) is 5.42. The monoisotopic (exact) mass is 565 g/mol. The molecule has 2 aliphatic heterocycles. The molecule has 31 heavy (non-hydrogen) atoms. The molecule has 0 unspecified atom stereocenters. The van der Waals surface area contributed by atoms with E-state index in [1.165, 1.54) is 10.4 Å². The Balaban J connectivity index is 1.57. The zero-order valence-corrected chi connectivity index (χ0v) is 19.7. The van der Waals surface area contributed by atoms with Crippen LogP contribution in [0.4, 0.5) is 25.8 Å². The zero-order chi connectivity index (χ0) is 22.2.